The van der Waals surface area contributed by atoms with Crippen molar-refractivity contribution in [3.8, 4) is 0 Å². The molecule has 16 heteroatoms. The van der Waals surface area contributed by atoms with E-state index in [2.05, 4.69) is 74.4 Å². The zero-order valence-electron chi connectivity index (χ0n) is 67.9. The molecule has 10 saturated carbocycles. The molecule has 10 aliphatic carbocycles. The number of allylic oxidation sites excluding steroid dienone is 5. The topological polar surface area (TPSA) is 265 Å². The highest BCUT2D eigenvalue weighted by Gasteiger charge is 2.44. The molecule has 10 rings (SSSR count). The van der Waals surface area contributed by atoms with Gasteiger partial charge in [-0.3, -0.25) is 71.9 Å². The minimum Gasteiger partial charge on any atom is -0.465 e. The summed E-state index contributed by atoms with van der Waals surface area (Å²) in [5.74, 6) is 3.63. The van der Waals surface area contributed by atoms with Gasteiger partial charge in [-0.15, -0.1) is 0 Å². The molecular formula is C88H140O16. The van der Waals surface area contributed by atoms with Crippen LogP contribution in [-0.4, -0.2) is 93.5 Å². The fourth-order valence-corrected chi connectivity index (χ4v) is 13.2. The molecule has 0 aromatic carbocycles. The van der Waals surface area contributed by atoms with Gasteiger partial charge in [-0.25, -0.2) is 0 Å². The second kappa shape index (κ2) is 46.6. The summed E-state index contributed by atoms with van der Waals surface area (Å²) < 4.78 is 4.79. The minimum absolute atomic E-state index is 0. The first-order chi connectivity index (χ1) is 47.3. The molecule has 12 atom stereocenters. The molecule has 10 aliphatic rings. The molecule has 588 valence electrons. The molecule has 0 spiro atoms. The summed E-state index contributed by atoms with van der Waals surface area (Å²) in [6, 6.07) is 0. The maximum absolute atomic E-state index is 11.4. The molecule has 12 unspecified atom stereocenters. The van der Waals surface area contributed by atoms with E-state index in [-0.39, 0.29) is 130 Å². The predicted octanol–water partition coefficient (Wildman–Crippen LogP) is 18.5. The van der Waals surface area contributed by atoms with Crippen molar-refractivity contribution in [2.24, 2.45) is 99.1 Å². The van der Waals surface area contributed by atoms with Crippen LogP contribution in [0.25, 0.3) is 0 Å². The van der Waals surface area contributed by atoms with Crippen LogP contribution in [0.15, 0.2) is 60.8 Å². The van der Waals surface area contributed by atoms with Crippen molar-refractivity contribution in [1.82, 2.24) is 0 Å². The third-order valence-electron chi connectivity index (χ3n) is 22.3. The molecule has 16 nitrogen and oxygen atoms in total. The van der Waals surface area contributed by atoms with Crippen molar-refractivity contribution in [3.05, 3.63) is 60.8 Å². The Morgan fingerprint density at radius 3 is 1.22 bits per heavy atom. The van der Waals surface area contributed by atoms with Crippen LogP contribution < -0.4 is 0 Å². The molecule has 10 fully saturated rings. The van der Waals surface area contributed by atoms with E-state index < -0.39 is 11.3 Å². The highest BCUT2D eigenvalue weighted by Crippen LogP contribution is 2.41. The Labute approximate surface area is 628 Å². The number of rotatable bonds is 3. The molecule has 0 bridgehead atoms. The molecule has 0 amide bonds. The van der Waals surface area contributed by atoms with Gasteiger partial charge in [-0.05, 0) is 121 Å². The fourth-order valence-electron chi connectivity index (χ4n) is 13.2. The number of hydrogen-bond acceptors (Lipinski definition) is 16. The van der Waals surface area contributed by atoms with Gasteiger partial charge in [-0.1, -0.05) is 192 Å². The SMILES string of the molecule is C.C=C1C(C)C(=O)CCC1(C)C.C=C1C(C)CCC(=O)C1C.C=C1CC(C)(C)CC(=O)C1C.C=C1CC(C)CC(=O)C1C.C=C1CCCC(=O)C1C.CC(=O)C(C)C.CC1C(=O)CC(C)(C)C1=O.CC1C(=O)CCC1=O.CC1CC(=O)C(C)C1=O.CC1CCCC1=O.CCOC(=O)C1CCCCC1=O. The van der Waals surface area contributed by atoms with Crippen LogP contribution in [0.3, 0.4) is 0 Å². The van der Waals surface area contributed by atoms with Gasteiger partial charge >= 0.3 is 5.97 Å². The minimum atomic E-state index is -0.460. The third-order valence-corrected chi connectivity index (χ3v) is 22.3. The number of Topliss-reactive ketones (excluding diaryl/α,β-unsaturated/α-hetero) is 14. The summed E-state index contributed by atoms with van der Waals surface area (Å²) in [4.78, 5) is 164. The average molecular weight is 1450 g/mol. The quantitative estimate of drug-likeness (QED) is 0.144. The maximum Gasteiger partial charge on any atom is 0.316 e. The Morgan fingerprint density at radius 2 is 0.885 bits per heavy atom. The van der Waals surface area contributed by atoms with E-state index in [1.54, 1.807) is 34.6 Å². The zero-order valence-corrected chi connectivity index (χ0v) is 67.9. The first-order valence-corrected chi connectivity index (χ1v) is 38.3. The number of ether oxygens (including phenoxy) is 1. The number of ketones is 14. The molecule has 0 saturated heterocycles. The van der Waals surface area contributed by atoms with Crippen LogP contribution >= 0.6 is 0 Å². The predicted molar refractivity (Wildman–Crippen MR) is 416 cm³/mol. The molecule has 0 heterocycles. The number of hydrogen-bond donors (Lipinski definition) is 0. The Balaban J connectivity index is 0. The summed E-state index contributed by atoms with van der Waals surface area (Å²) in [5.41, 5.74) is 5.50. The second-order valence-electron chi connectivity index (χ2n) is 33.2. The Kier molecular flexibility index (Phi) is 44.6. The highest BCUT2D eigenvalue weighted by molar-refractivity contribution is 6.11. The van der Waals surface area contributed by atoms with Gasteiger partial charge in [0.2, 0.25) is 0 Å². The van der Waals surface area contributed by atoms with Crippen LogP contribution in [0.4, 0.5) is 0 Å². The first kappa shape index (κ1) is 99.6. The van der Waals surface area contributed by atoms with E-state index in [9.17, 15) is 71.9 Å². The number of carbonyl (C=O) groups excluding carboxylic acids is 15. The van der Waals surface area contributed by atoms with E-state index in [1.165, 1.54) is 0 Å². The van der Waals surface area contributed by atoms with E-state index in [0.717, 1.165) is 124 Å². The lowest BCUT2D eigenvalue weighted by Gasteiger charge is -2.35. The first-order valence-electron chi connectivity index (χ1n) is 38.3. The van der Waals surface area contributed by atoms with Crippen LogP contribution in [0.1, 0.15) is 301 Å². The molecular weight excluding hydrogens is 1310 g/mol. The second-order valence-corrected chi connectivity index (χ2v) is 33.2. The van der Waals surface area contributed by atoms with Gasteiger partial charge in [0.15, 0.2) is 0 Å². The fraction of sp³-hybridized carbons (Fsp3) is 0.716. The van der Waals surface area contributed by atoms with Crippen LogP contribution in [0, 0.1) is 99.1 Å². The Bertz CT molecular complexity index is 3020. The molecule has 0 aromatic rings. The number of carbonyl (C=O) groups is 15. The molecule has 0 radical (unpaired) electrons. The Hall–Kier alpha value is -6.45. The van der Waals surface area contributed by atoms with Crippen molar-refractivity contribution in [3.63, 3.8) is 0 Å². The molecule has 0 aliphatic heterocycles. The highest BCUT2D eigenvalue weighted by atomic mass is 16.5. The number of esters is 1. The largest absolute Gasteiger partial charge is 0.465 e. The summed E-state index contributed by atoms with van der Waals surface area (Å²) in [6.07, 6.45) is 17.8. The monoisotopic (exact) mass is 1450 g/mol. The van der Waals surface area contributed by atoms with Crippen LogP contribution in [0.2, 0.25) is 0 Å². The van der Waals surface area contributed by atoms with Gasteiger partial charge in [0, 0.05) is 123 Å². The van der Waals surface area contributed by atoms with E-state index in [1.807, 2.05) is 76.2 Å². The molecule has 0 N–H and O–H groups in total. The normalized spacial score (nSPS) is 28.9. The van der Waals surface area contributed by atoms with E-state index in [0.29, 0.717) is 104 Å². The van der Waals surface area contributed by atoms with Crippen molar-refractivity contribution >= 4 is 86.9 Å². The third kappa shape index (κ3) is 34.0. The lowest BCUT2D eigenvalue weighted by Crippen LogP contribution is -2.30. The van der Waals surface area contributed by atoms with Crippen molar-refractivity contribution < 1.29 is 76.7 Å². The summed E-state index contributed by atoms with van der Waals surface area (Å²) in [7, 11) is 0. The smallest absolute Gasteiger partial charge is 0.316 e. The van der Waals surface area contributed by atoms with Gasteiger partial charge in [-0.2, -0.15) is 0 Å². The van der Waals surface area contributed by atoms with Gasteiger partial charge < -0.3 is 4.74 Å². The van der Waals surface area contributed by atoms with Crippen molar-refractivity contribution in [2.75, 3.05) is 6.61 Å². The van der Waals surface area contributed by atoms with E-state index in [4.69, 9.17) is 4.74 Å². The standard InChI is InChI=1S/2C10H16O.C9H14O3.2C9H14O.C8H12O2.C8H12O.C7H10O2.C6H8O2.C6H10O.C5H10O.CH4/c1-7-5-10(3,4)6-9(11)8(7)2;1-7-8(2)10(3,4)6-5-9(7)11;1-2-12-9(11)7-5-3-4-6-8(7)10;1-6-4-7(2)8(3)9(10)5-6;1-6-4-5-9(10)8(3)7(6)2;1-5-6(9)4-8(2,3)7(5)10;1-6-4-3-5-8(9)7(6)2;1-4-3-6(8)5(2)7(4)9;1-4-5(7)2-3-6(4)8;1-5-3-2-4-6(5)7;1-4(2)5(3)6;/h8H,1,5-6H2,2-4H3;7H,2,5-6H2,1,3-4H3;7H,2-6H2,1H3;2*6,8H,2,4-5H2,1,3H3;5H,4H2,1-3H3;7H,1,3-5H2,2H3;4-5H,3H2,1-2H3;4H,2-3H2,1H3;5H,2-4H2,1H3;4H,1-3H3;1H4. The summed E-state index contributed by atoms with van der Waals surface area (Å²) in [5, 5.41) is 0. The van der Waals surface area contributed by atoms with Crippen molar-refractivity contribution in [1.29, 1.82) is 0 Å². The molecule has 0 aromatic heterocycles. The van der Waals surface area contributed by atoms with Crippen LogP contribution in [0.5, 0.6) is 0 Å². The zero-order chi connectivity index (χ0) is 80.1. The average Bonchev–Trinajstić information content (AvgIpc) is 1.32. The van der Waals surface area contributed by atoms with E-state index >= 15 is 0 Å². The summed E-state index contributed by atoms with van der Waals surface area (Å²) in [6.45, 7) is 62.2. The van der Waals surface area contributed by atoms with Gasteiger partial charge in [0.25, 0.3) is 0 Å². The van der Waals surface area contributed by atoms with Gasteiger partial charge in [0.05, 0.1) is 24.4 Å². The summed E-state index contributed by atoms with van der Waals surface area (Å²) >= 11 is 0. The maximum atomic E-state index is 11.4. The lowest BCUT2D eigenvalue weighted by molar-refractivity contribution is -0.153. The molecule has 104 heavy (non-hydrogen) atoms. The van der Waals surface area contributed by atoms with Crippen molar-refractivity contribution in [2.45, 2.75) is 301 Å². The lowest BCUT2D eigenvalue weighted by atomic mass is 9.69. The van der Waals surface area contributed by atoms with Gasteiger partial charge in [0.1, 0.15) is 86.9 Å². The Morgan fingerprint density at radius 1 is 0.413 bits per heavy atom. The van der Waals surface area contributed by atoms with Crippen LogP contribution in [-0.2, 0) is 76.7 Å².